The van der Waals surface area contributed by atoms with Gasteiger partial charge in [0.05, 0.1) is 12.7 Å². The van der Waals surface area contributed by atoms with Crippen molar-refractivity contribution in [2.75, 3.05) is 7.11 Å². The minimum Gasteiger partial charge on any atom is -0.480 e. The second-order valence-corrected chi connectivity index (χ2v) is 4.18. The van der Waals surface area contributed by atoms with Gasteiger partial charge in [0.15, 0.2) is 0 Å². The monoisotopic (exact) mass is 300 g/mol. The third-order valence-electron chi connectivity index (χ3n) is 2.47. The third kappa shape index (κ3) is 4.51. The van der Waals surface area contributed by atoms with E-state index >= 15 is 0 Å². The zero-order valence-electron chi connectivity index (χ0n) is 10.6. The van der Waals surface area contributed by atoms with E-state index < -0.39 is 23.9 Å². The highest BCUT2D eigenvalue weighted by molar-refractivity contribution is 6.32. The average Bonchev–Trinajstić information content (AvgIpc) is 2.42. The van der Waals surface area contributed by atoms with Crippen LogP contribution >= 0.6 is 11.6 Å². The van der Waals surface area contributed by atoms with Gasteiger partial charge >= 0.3 is 11.9 Å². The minimum atomic E-state index is -1.25. The van der Waals surface area contributed by atoms with Crippen LogP contribution < -0.4 is 5.32 Å². The van der Waals surface area contributed by atoms with E-state index in [9.17, 15) is 14.4 Å². The maximum atomic E-state index is 11.9. The number of hydrogen-bond donors (Lipinski definition) is 2. The summed E-state index contributed by atoms with van der Waals surface area (Å²) >= 11 is 5.74. The van der Waals surface area contributed by atoms with Crippen molar-refractivity contribution in [3.8, 4) is 0 Å². The maximum absolute atomic E-state index is 11.9. The molecule has 0 aromatic carbocycles. The van der Waals surface area contributed by atoms with Crippen LogP contribution in [0.3, 0.4) is 0 Å². The Balaban J connectivity index is 2.71. The molecule has 20 heavy (non-hydrogen) atoms. The highest BCUT2D eigenvalue weighted by atomic mass is 35.5. The maximum Gasteiger partial charge on any atom is 0.326 e. The number of rotatable bonds is 6. The number of carboxylic acid groups (broad SMARTS) is 1. The summed E-state index contributed by atoms with van der Waals surface area (Å²) in [5.74, 6) is -2.47. The van der Waals surface area contributed by atoms with Crippen molar-refractivity contribution in [3.63, 3.8) is 0 Å². The molecule has 1 aromatic rings. The van der Waals surface area contributed by atoms with Crippen LogP contribution in [-0.4, -0.2) is 41.1 Å². The molecular formula is C12H13ClN2O5. The number of nitrogens with zero attached hydrogens (tertiary/aromatic N) is 1. The van der Waals surface area contributed by atoms with E-state index in [0.717, 1.165) is 0 Å². The minimum absolute atomic E-state index is 0.0258. The largest absolute Gasteiger partial charge is 0.480 e. The van der Waals surface area contributed by atoms with Crippen LogP contribution in [0.5, 0.6) is 0 Å². The van der Waals surface area contributed by atoms with Gasteiger partial charge in [-0.15, -0.1) is 0 Å². The van der Waals surface area contributed by atoms with Gasteiger partial charge in [0, 0.05) is 12.6 Å². The number of esters is 1. The van der Waals surface area contributed by atoms with Crippen LogP contribution in [0.1, 0.15) is 23.2 Å². The number of methoxy groups -OCH3 is 1. The molecule has 0 radical (unpaired) electrons. The molecule has 108 valence electrons. The lowest BCUT2D eigenvalue weighted by Crippen LogP contribution is -2.41. The first-order chi connectivity index (χ1) is 9.45. The number of carbonyl (C=O) groups excluding carboxylic acids is 2. The van der Waals surface area contributed by atoms with Gasteiger partial charge in [0.1, 0.15) is 11.2 Å². The Bertz CT molecular complexity index is 520. The van der Waals surface area contributed by atoms with Crippen LogP contribution in [0.15, 0.2) is 18.3 Å². The summed E-state index contributed by atoms with van der Waals surface area (Å²) in [6.45, 7) is 0. The molecule has 0 aliphatic rings. The molecule has 1 rings (SSSR count). The van der Waals surface area contributed by atoms with E-state index in [2.05, 4.69) is 15.0 Å². The zero-order chi connectivity index (χ0) is 15.1. The quantitative estimate of drug-likeness (QED) is 0.596. The van der Waals surface area contributed by atoms with Gasteiger partial charge in [0.2, 0.25) is 0 Å². The topological polar surface area (TPSA) is 106 Å². The number of amides is 1. The molecule has 0 fully saturated rings. The number of aromatic nitrogens is 1. The molecule has 1 aromatic heterocycles. The fourth-order valence-electron chi connectivity index (χ4n) is 1.41. The summed E-state index contributed by atoms with van der Waals surface area (Å²) in [5.41, 5.74) is 0.0680. The summed E-state index contributed by atoms with van der Waals surface area (Å²) in [7, 11) is 1.20. The Kier molecular flexibility index (Phi) is 5.92. The predicted octanol–water partition coefficient (Wildman–Crippen LogP) is 0.871. The molecule has 7 nitrogen and oxygen atoms in total. The third-order valence-corrected chi connectivity index (χ3v) is 2.77. The first-order valence-corrected chi connectivity index (χ1v) is 6.04. The number of ether oxygens (including phenoxy) is 1. The summed E-state index contributed by atoms with van der Waals surface area (Å²) in [6, 6.07) is 1.72. The number of halogens is 1. The van der Waals surface area contributed by atoms with Crippen molar-refractivity contribution in [2.45, 2.75) is 18.9 Å². The van der Waals surface area contributed by atoms with Gasteiger partial charge in [-0.3, -0.25) is 9.59 Å². The van der Waals surface area contributed by atoms with E-state index in [1.807, 2.05) is 0 Å². The highest BCUT2D eigenvalue weighted by Crippen LogP contribution is 2.12. The smallest absolute Gasteiger partial charge is 0.326 e. The Hall–Kier alpha value is -2.15. The van der Waals surface area contributed by atoms with Crippen LogP contribution in [-0.2, 0) is 14.3 Å². The molecule has 0 saturated heterocycles. The van der Waals surface area contributed by atoms with E-state index in [0.29, 0.717) is 0 Å². The van der Waals surface area contributed by atoms with E-state index in [1.54, 1.807) is 0 Å². The Morgan fingerprint density at radius 1 is 1.50 bits per heavy atom. The van der Waals surface area contributed by atoms with Crippen molar-refractivity contribution >= 4 is 29.4 Å². The molecular weight excluding hydrogens is 288 g/mol. The number of nitrogens with one attached hydrogen (secondary N) is 1. The van der Waals surface area contributed by atoms with E-state index in [-0.39, 0.29) is 23.6 Å². The first kappa shape index (κ1) is 15.9. The van der Waals surface area contributed by atoms with Gasteiger partial charge in [-0.2, -0.15) is 0 Å². The molecule has 0 aliphatic carbocycles. The lowest BCUT2D eigenvalue weighted by Gasteiger charge is -2.14. The Morgan fingerprint density at radius 3 is 2.75 bits per heavy atom. The van der Waals surface area contributed by atoms with E-state index in [4.69, 9.17) is 16.7 Å². The summed E-state index contributed by atoms with van der Waals surface area (Å²) < 4.78 is 4.41. The predicted molar refractivity (Wildman–Crippen MR) is 69.4 cm³/mol. The zero-order valence-corrected chi connectivity index (χ0v) is 11.4. The van der Waals surface area contributed by atoms with Crippen LogP contribution in [0.2, 0.25) is 5.15 Å². The second kappa shape index (κ2) is 7.44. The molecule has 1 atom stereocenters. The summed E-state index contributed by atoms with van der Waals surface area (Å²) in [6.07, 6.45) is 1.21. The van der Waals surface area contributed by atoms with Gasteiger partial charge in [0.25, 0.3) is 5.91 Å². The van der Waals surface area contributed by atoms with Crippen molar-refractivity contribution in [2.24, 2.45) is 0 Å². The number of carboxylic acids is 1. The molecule has 0 saturated carbocycles. The molecule has 2 N–H and O–H groups in total. The second-order valence-electron chi connectivity index (χ2n) is 3.82. The normalized spacial score (nSPS) is 11.5. The van der Waals surface area contributed by atoms with Crippen molar-refractivity contribution < 1.29 is 24.2 Å². The summed E-state index contributed by atoms with van der Waals surface area (Å²) in [4.78, 5) is 37.6. The standard InChI is InChI=1S/C12H13ClN2O5/c1-20-9(16)5-4-8(12(18)19)15-11(17)7-3-2-6-14-10(7)13/h2-3,6,8H,4-5H2,1H3,(H,15,17)(H,18,19)/t8-/m1/s1. The fraction of sp³-hybridized carbons (Fsp3) is 0.333. The highest BCUT2D eigenvalue weighted by Gasteiger charge is 2.23. The Morgan fingerprint density at radius 2 is 2.20 bits per heavy atom. The van der Waals surface area contributed by atoms with Gasteiger partial charge in [-0.25, -0.2) is 9.78 Å². The lowest BCUT2D eigenvalue weighted by atomic mass is 10.1. The SMILES string of the molecule is COC(=O)CC[C@@H](NC(=O)c1cccnc1Cl)C(=O)O. The fourth-order valence-corrected chi connectivity index (χ4v) is 1.62. The molecule has 0 unspecified atom stereocenters. The van der Waals surface area contributed by atoms with Gasteiger partial charge < -0.3 is 15.2 Å². The van der Waals surface area contributed by atoms with Crippen molar-refractivity contribution in [1.82, 2.24) is 10.3 Å². The molecule has 0 spiro atoms. The van der Waals surface area contributed by atoms with Crippen LogP contribution in [0.25, 0.3) is 0 Å². The first-order valence-electron chi connectivity index (χ1n) is 5.66. The van der Waals surface area contributed by atoms with Gasteiger partial charge in [-0.05, 0) is 18.6 Å². The van der Waals surface area contributed by atoms with Crippen molar-refractivity contribution in [1.29, 1.82) is 0 Å². The Labute approximate surface area is 119 Å². The average molecular weight is 301 g/mol. The lowest BCUT2D eigenvalue weighted by molar-refractivity contribution is -0.142. The van der Waals surface area contributed by atoms with E-state index in [1.165, 1.54) is 25.4 Å². The van der Waals surface area contributed by atoms with Gasteiger partial charge in [-0.1, -0.05) is 11.6 Å². The van der Waals surface area contributed by atoms with Crippen LogP contribution in [0.4, 0.5) is 0 Å². The molecule has 1 amide bonds. The molecule has 0 aliphatic heterocycles. The van der Waals surface area contributed by atoms with Crippen molar-refractivity contribution in [3.05, 3.63) is 29.0 Å². The number of aliphatic carboxylic acids is 1. The molecule has 1 heterocycles. The number of carbonyl (C=O) groups is 3. The molecule has 0 bridgehead atoms. The number of pyridine rings is 1. The number of hydrogen-bond acceptors (Lipinski definition) is 5. The van der Waals surface area contributed by atoms with Crippen LogP contribution in [0, 0.1) is 0 Å². The summed E-state index contributed by atoms with van der Waals surface area (Å²) in [5, 5.41) is 11.3. The molecule has 8 heteroatoms.